The number of carbonyl (C=O) groups excluding carboxylic acids is 1. The molecule has 1 aromatic heterocycles. The fourth-order valence-corrected chi connectivity index (χ4v) is 3.60. The Morgan fingerprint density at radius 2 is 2.13 bits per heavy atom. The summed E-state index contributed by atoms with van der Waals surface area (Å²) in [6, 6.07) is 1.69. The van der Waals surface area contributed by atoms with Crippen LogP contribution in [-0.4, -0.2) is 39.8 Å². The molecule has 1 fully saturated rings. The quantitative estimate of drug-likeness (QED) is 0.733. The van der Waals surface area contributed by atoms with Crippen molar-refractivity contribution in [1.82, 2.24) is 5.16 Å². The average molecular weight is 342 g/mol. The van der Waals surface area contributed by atoms with Crippen molar-refractivity contribution < 1.29 is 18.6 Å². The number of amides is 1. The molecule has 1 aliphatic carbocycles. The molecule has 1 amide bonds. The first-order valence-corrected chi connectivity index (χ1v) is 9.15. The molecule has 0 saturated heterocycles. The van der Waals surface area contributed by atoms with Crippen molar-refractivity contribution in [1.29, 1.82) is 0 Å². The molecule has 1 aromatic rings. The number of rotatable bonds is 8. The Morgan fingerprint density at radius 1 is 1.48 bits per heavy atom. The van der Waals surface area contributed by atoms with Crippen LogP contribution >= 0.6 is 0 Å². The van der Waals surface area contributed by atoms with Crippen LogP contribution in [0.1, 0.15) is 46.2 Å². The van der Waals surface area contributed by atoms with Gasteiger partial charge >= 0.3 is 0 Å². The maximum absolute atomic E-state index is 12.4. The van der Waals surface area contributed by atoms with Crippen molar-refractivity contribution in [3.8, 4) is 0 Å². The number of anilines is 1. The summed E-state index contributed by atoms with van der Waals surface area (Å²) in [7, 11) is 1.63. The molecule has 1 saturated carbocycles. The van der Waals surface area contributed by atoms with Gasteiger partial charge in [-0.15, -0.1) is 0 Å². The van der Waals surface area contributed by atoms with E-state index in [1.165, 1.54) is 0 Å². The fourth-order valence-electron chi connectivity index (χ4n) is 2.16. The molecule has 23 heavy (non-hydrogen) atoms. The van der Waals surface area contributed by atoms with Gasteiger partial charge in [0.2, 0.25) is 5.88 Å². The van der Waals surface area contributed by atoms with Gasteiger partial charge in [0.1, 0.15) is 5.75 Å². The van der Waals surface area contributed by atoms with Gasteiger partial charge in [-0.2, -0.15) is 0 Å². The molecule has 7 heteroatoms. The lowest BCUT2D eigenvalue weighted by atomic mass is 9.90. The van der Waals surface area contributed by atoms with Gasteiger partial charge in [0, 0.05) is 24.5 Å². The molecule has 1 atom stereocenters. The third-order valence-electron chi connectivity index (χ3n) is 4.15. The lowest BCUT2D eigenvalue weighted by molar-refractivity contribution is -0.118. The van der Waals surface area contributed by atoms with Gasteiger partial charge in [-0.05, 0) is 37.9 Å². The molecule has 0 radical (unpaired) electrons. The third kappa shape index (κ3) is 4.49. The first-order valence-electron chi connectivity index (χ1n) is 7.83. The number of aromatic nitrogens is 1. The summed E-state index contributed by atoms with van der Waals surface area (Å²) in [5.74, 6) is 1.05. The normalized spacial score (nSPS) is 17.1. The van der Waals surface area contributed by atoms with E-state index in [1.54, 1.807) is 27.0 Å². The maximum atomic E-state index is 12.4. The Kier molecular flexibility index (Phi) is 5.43. The molecule has 1 heterocycles. The lowest BCUT2D eigenvalue weighted by Gasteiger charge is -2.26. The summed E-state index contributed by atoms with van der Waals surface area (Å²) >= 11 is -1.21. The van der Waals surface area contributed by atoms with Crippen molar-refractivity contribution >= 4 is 23.0 Å². The van der Waals surface area contributed by atoms with E-state index >= 15 is 0 Å². The van der Waals surface area contributed by atoms with E-state index < -0.39 is 15.9 Å². The maximum Gasteiger partial charge on any atom is 0.282 e. The minimum absolute atomic E-state index is 0.269. The van der Waals surface area contributed by atoms with Crippen LogP contribution in [0.25, 0.3) is 0 Å². The Morgan fingerprint density at radius 3 is 2.70 bits per heavy atom. The summed E-state index contributed by atoms with van der Waals surface area (Å²) in [4.78, 5) is 12.4. The van der Waals surface area contributed by atoms with E-state index in [4.69, 9.17) is 9.26 Å². The minimum atomic E-state index is -1.21. The number of nitrogens with one attached hydrogen (secondary N) is 1. The highest BCUT2D eigenvalue weighted by Crippen LogP contribution is 2.34. The summed E-state index contributed by atoms with van der Waals surface area (Å²) in [6.07, 6.45) is 2.23. The highest BCUT2D eigenvalue weighted by molar-refractivity contribution is 7.93. The van der Waals surface area contributed by atoms with Gasteiger partial charge in [0.05, 0.1) is 12.3 Å². The van der Waals surface area contributed by atoms with Crippen molar-refractivity contribution in [2.75, 3.05) is 24.8 Å². The van der Waals surface area contributed by atoms with Gasteiger partial charge in [-0.3, -0.25) is 10.1 Å². The monoisotopic (exact) mass is 342 g/mol. The van der Waals surface area contributed by atoms with E-state index in [0.717, 1.165) is 12.8 Å². The summed E-state index contributed by atoms with van der Waals surface area (Å²) in [6.45, 7) is 7.85. The van der Waals surface area contributed by atoms with E-state index in [2.05, 4.69) is 10.5 Å². The smallest absolute Gasteiger partial charge is 0.282 e. The summed E-state index contributed by atoms with van der Waals surface area (Å²) < 4.78 is 21.8. The molecule has 1 unspecified atom stereocenters. The molecule has 0 aromatic carbocycles. The van der Waals surface area contributed by atoms with Gasteiger partial charge in [-0.25, -0.2) is 0 Å². The van der Waals surface area contributed by atoms with Crippen LogP contribution in [0.4, 0.5) is 5.88 Å². The van der Waals surface area contributed by atoms with Crippen molar-refractivity contribution in [2.45, 2.75) is 50.7 Å². The number of hydrogen-bond acceptors (Lipinski definition) is 5. The van der Waals surface area contributed by atoms with E-state index in [1.807, 2.05) is 13.8 Å². The Hall–Kier alpha value is -1.05. The molecule has 0 bridgehead atoms. The highest BCUT2D eigenvalue weighted by Gasteiger charge is 2.43. The van der Waals surface area contributed by atoms with Crippen LogP contribution in [0, 0.1) is 5.92 Å². The van der Waals surface area contributed by atoms with Crippen molar-refractivity contribution in [3.63, 3.8) is 0 Å². The molecule has 2 rings (SSSR count). The third-order valence-corrected chi connectivity index (χ3v) is 6.24. The number of ether oxygens (including phenoxy) is 1. The molecule has 0 aliphatic heterocycles. The molecule has 130 valence electrons. The minimum Gasteiger partial charge on any atom is -0.616 e. The van der Waals surface area contributed by atoms with Crippen LogP contribution < -0.4 is 5.32 Å². The lowest BCUT2D eigenvalue weighted by Crippen LogP contribution is -2.45. The van der Waals surface area contributed by atoms with Gasteiger partial charge in [0.15, 0.2) is 4.75 Å². The van der Waals surface area contributed by atoms with Crippen LogP contribution in [-0.2, 0) is 26.1 Å². The van der Waals surface area contributed by atoms with Gasteiger partial charge in [0.25, 0.3) is 5.91 Å². The van der Waals surface area contributed by atoms with E-state index in [9.17, 15) is 9.35 Å². The van der Waals surface area contributed by atoms with Crippen LogP contribution in [0.5, 0.6) is 0 Å². The Balaban J connectivity index is 2.00. The van der Waals surface area contributed by atoms with Crippen molar-refractivity contribution in [3.05, 3.63) is 11.8 Å². The first-order chi connectivity index (χ1) is 10.7. The number of nitrogens with zero attached hydrogens (tertiary/aromatic N) is 1. The Labute approximate surface area is 140 Å². The highest BCUT2D eigenvalue weighted by atomic mass is 32.2. The second-order valence-corrected chi connectivity index (χ2v) is 9.36. The zero-order valence-corrected chi connectivity index (χ0v) is 15.3. The molecular formula is C16H26N2O4S. The van der Waals surface area contributed by atoms with Crippen molar-refractivity contribution in [2.24, 2.45) is 5.92 Å². The largest absolute Gasteiger partial charge is 0.616 e. The van der Waals surface area contributed by atoms with Crippen LogP contribution in [0.3, 0.4) is 0 Å². The predicted octanol–water partition coefficient (Wildman–Crippen LogP) is 2.47. The van der Waals surface area contributed by atoms with Crippen LogP contribution in [0.2, 0.25) is 0 Å². The van der Waals surface area contributed by atoms with E-state index in [-0.39, 0.29) is 17.2 Å². The zero-order chi connectivity index (χ0) is 17.3. The van der Waals surface area contributed by atoms with Gasteiger partial charge < -0.3 is 13.8 Å². The van der Waals surface area contributed by atoms with Gasteiger partial charge in [-0.1, -0.05) is 19.0 Å². The molecule has 6 nitrogen and oxygen atoms in total. The molecule has 0 spiro atoms. The summed E-state index contributed by atoms with van der Waals surface area (Å²) in [5.41, 5.74) is 0.387. The standard InChI is InChI=1S/C16H26N2O4S/c1-15(2,10-21-5)12-8-13(22-18-12)17-14(19)16(3,4)23(20)9-11-6-7-11/h8,11H,6-7,9-10H2,1-5H3,(H,17,19). The SMILES string of the molecule is COCC(C)(C)c1cc(NC(=O)C(C)(C)[S+]([O-])CC2CC2)on1. The average Bonchev–Trinajstić information content (AvgIpc) is 3.13. The number of carbonyl (C=O) groups is 1. The molecule has 1 aliphatic rings. The first kappa shape index (κ1) is 18.3. The number of methoxy groups -OCH3 is 1. The fraction of sp³-hybridized carbons (Fsp3) is 0.750. The van der Waals surface area contributed by atoms with Crippen LogP contribution in [0.15, 0.2) is 10.6 Å². The second-order valence-electron chi connectivity index (χ2n) is 7.31. The second kappa shape index (κ2) is 6.83. The zero-order valence-electron chi connectivity index (χ0n) is 14.5. The summed E-state index contributed by atoms with van der Waals surface area (Å²) in [5, 5.41) is 6.69. The molecule has 1 N–H and O–H groups in total. The number of hydrogen-bond donors (Lipinski definition) is 1. The molecular weight excluding hydrogens is 316 g/mol. The topological polar surface area (TPSA) is 87.4 Å². The Bertz CT molecular complexity index is 552. The van der Waals surface area contributed by atoms with E-state index in [0.29, 0.717) is 24.0 Å². The predicted molar refractivity (Wildman–Crippen MR) is 89.8 cm³/mol.